The van der Waals surface area contributed by atoms with Crippen molar-refractivity contribution >= 4 is 21.6 Å². The molecule has 2 heterocycles. The van der Waals surface area contributed by atoms with Crippen molar-refractivity contribution in [3.8, 4) is 5.75 Å². The van der Waals surface area contributed by atoms with Gasteiger partial charge in [0.05, 0.1) is 36.7 Å². The van der Waals surface area contributed by atoms with Crippen molar-refractivity contribution < 1.29 is 27.8 Å². The Morgan fingerprint density at radius 1 is 1.11 bits per heavy atom. The molecule has 1 fully saturated rings. The molecule has 252 valence electrons. The molecule has 0 saturated heterocycles. The number of fused-ring (bicyclic) bond motifs is 1. The number of hydrogen-bond acceptors (Lipinski definition) is 8. The number of rotatable bonds is 9. The molecule has 2 aliphatic rings. The summed E-state index contributed by atoms with van der Waals surface area (Å²) in [6, 6.07) is 4.28. The first kappa shape index (κ1) is 35.2. The van der Waals surface area contributed by atoms with Crippen molar-refractivity contribution in [2.45, 2.75) is 95.4 Å². The summed E-state index contributed by atoms with van der Waals surface area (Å²) in [4.78, 5) is 22.3. The Kier molecular flexibility index (Phi) is 12.7. The highest BCUT2D eigenvalue weighted by Gasteiger charge is 2.31. The van der Waals surface area contributed by atoms with Crippen LogP contribution >= 0.6 is 0 Å². The van der Waals surface area contributed by atoms with Crippen LogP contribution in [0.25, 0.3) is 0 Å². The van der Waals surface area contributed by atoms with Gasteiger partial charge < -0.3 is 28.9 Å². The predicted molar refractivity (Wildman–Crippen MR) is 175 cm³/mol. The number of aryl methyl sites for hydroxylation is 1. The van der Waals surface area contributed by atoms with Crippen LogP contribution in [0.4, 0.5) is 5.69 Å². The number of sulfonamides is 1. The third-order valence-corrected chi connectivity index (χ3v) is 10.3. The highest BCUT2D eigenvalue weighted by molar-refractivity contribution is 7.92. The first-order chi connectivity index (χ1) is 21.5. The van der Waals surface area contributed by atoms with Crippen LogP contribution in [0.1, 0.15) is 82.5 Å². The number of carbonyl (C=O) groups excluding carboxylic acids is 1. The van der Waals surface area contributed by atoms with E-state index in [1.165, 1.54) is 50.7 Å². The summed E-state index contributed by atoms with van der Waals surface area (Å²) in [6.45, 7) is 8.48. The molecular formula is C33H53N5O6S. The predicted octanol–water partition coefficient (Wildman–Crippen LogP) is 4.53. The van der Waals surface area contributed by atoms with Crippen LogP contribution in [-0.2, 0) is 21.8 Å². The lowest BCUT2D eigenvalue weighted by Crippen LogP contribution is -2.47. The van der Waals surface area contributed by atoms with Crippen LogP contribution in [0.3, 0.4) is 0 Å². The van der Waals surface area contributed by atoms with Gasteiger partial charge in [-0.1, -0.05) is 26.2 Å². The first-order valence-corrected chi connectivity index (χ1v) is 18.0. The summed E-state index contributed by atoms with van der Waals surface area (Å²) >= 11 is 0. The van der Waals surface area contributed by atoms with E-state index < -0.39 is 16.1 Å². The Morgan fingerprint density at radius 3 is 2.53 bits per heavy atom. The number of hydrogen-bond donors (Lipinski definition) is 2. The van der Waals surface area contributed by atoms with Crippen LogP contribution in [0.5, 0.6) is 5.75 Å². The second-order valence-corrected chi connectivity index (χ2v) is 14.8. The lowest BCUT2D eigenvalue weighted by molar-refractivity contribution is -0.0190. The summed E-state index contributed by atoms with van der Waals surface area (Å²) in [5, 5.41) is 10.1. The molecule has 4 rings (SSSR count). The number of nitrogens with zero attached hydrogens (tertiary/aromatic N) is 4. The third kappa shape index (κ3) is 9.91. The molecule has 12 heteroatoms. The zero-order valence-corrected chi connectivity index (χ0v) is 28.5. The number of nitrogens with one attached hydrogen (secondary N) is 1. The van der Waals surface area contributed by atoms with Crippen molar-refractivity contribution in [1.82, 2.24) is 19.4 Å². The largest absolute Gasteiger partial charge is 0.490 e. The molecule has 0 radical (unpaired) electrons. The summed E-state index contributed by atoms with van der Waals surface area (Å²) in [6.07, 6.45) is 11.7. The zero-order chi connectivity index (χ0) is 32.6. The minimum absolute atomic E-state index is 0.0196. The van der Waals surface area contributed by atoms with Gasteiger partial charge in [0.15, 0.2) is 5.03 Å². The van der Waals surface area contributed by atoms with Crippen molar-refractivity contribution in [3.05, 3.63) is 36.3 Å². The van der Waals surface area contributed by atoms with Gasteiger partial charge in [-0.15, -0.1) is 0 Å². The van der Waals surface area contributed by atoms with Crippen molar-refractivity contribution in [2.24, 2.45) is 18.9 Å². The van der Waals surface area contributed by atoms with Crippen LogP contribution in [0, 0.1) is 11.8 Å². The summed E-state index contributed by atoms with van der Waals surface area (Å²) in [5.41, 5.74) is 0.458. The van der Waals surface area contributed by atoms with Crippen LogP contribution < -0.4 is 9.46 Å². The van der Waals surface area contributed by atoms with E-state index in [0.29, 0.717) is 24.8 Å². The second-order valence-electron chi connectivity index (χ2n) is 13.2. The normalized spacial score (nSPS) is 23.7. The molecule has 1 amide bonds. The lowest BCUT2D eigenvalue weighted by Gasteiger charge is -2.36. The van der Waals surface area contributed by atoms with Gasteiger partial charge in [0.1, 0.15) is 5.75 Å². The fourth-order valence-corrected chi connectivity index (χ4v) is 7.41. The SMILES string of the molecule is C[C@@H]1CCCCO[C@H](CN(C)CC2CCCCC2)[C@H](C)CN([C@H](C)CO)C(=O)c2cc(NS(=O)(=O)c3cn(C)cn3)ccc2O1. The number of imidazole rings is 1. The van der Waals surface area contributed by atoms with Gasteiger partial charge in [0.25, 0.3) is 15.9 Å². The first-order valence-electron chi connectivity index (χ1n) is 16.5. The van der Waals surface area contributed by atoms with E-state index in [1.54, 1.807) is 28.6 Å². The Hall–Kier alpha value is -2.67. The van der Waals surface area contributed by atoms with Gasteiger partial charge in [0.2, 0.25) is 0 Å². The summed E-state index contributed by atoms with van der Waals surface area (Å²) < 4.78 is 43.0. The fourth-order valence-electron chi connectivity index (χ4n) is 6.38. The molecule has 4 atom stereocenters. The third-order valence-electron chi connectivity index (χ3n) is 9.05. The average Bonchev–Trinajstić information content (AvgIpc) is 3.46. The zero-order valence-electron chi connectivity index (χ0n) is 27.7. The minimum Gasteiger partial charge on any atom is -0.490 e. The van der Waals surface area contributed by atoms with Crippen LogP contribution in [-0.4, -0.2) is 96.9 Å². The quantitative estimate of drug-likeness (QED) is 0.407. The Morgan fingerprint density at radius 2 is 1.84 bits per heavy atom. The number of likely N-dealkylation sites (N-methyl/N-ethyl adjacent to an activating group) is 1. The number of aliphatic hydroxyl groups is 1. The molecule has 0 spiro atoms. The van der Waals surface area contributed by atoms with Gasteiger partial charge in [0, 0.05) is 51.1 Å². The van der Waals surface area contributed by atoms with Gasteiger partial charge in [-0.25, -0.2) is 4.98 Å². The van der Waals surface area contributed by atoms with E-state index in [4.69, 9.17) is 9.47 Å². The average molecular weight is 648 g/mol. The number of aliphatic hydroxyl groups excluding tert-OH is 1. The number of amides is 1. The molecule has 1 aromatic heterocycles. The van der Waals surface area contributed by atoms with E-state index in [0.717, 1.165) is 32.4 Å². The number of ether oxygens (including phenoxy) is 2. The molecular weight excluding hydrogens is 594 g/mol. The number of anilines is 1. The Bertz CT molecular complexity index is 1340. The van der Waals surface area contributed by atoms with E-state index in [2.05, 4.69) is 28.6 Å². The highest BCUT2D eigenvalue weighted by atomic mass is 32.2. The number of benzene rings is 1. The highest BCUT2D eigenvalue weighted by Crippen LogP contribution is 2.30. The van der Waals surface area contributed by atoms with E-state index in [1.807, 2.05) is 13.8 Å². The standard InChI is InChI=1S/C33H53N5O6S/c1-24-18-38(25(2)22-39)33(40)29-17-28(35-45(41,42)32-21-37(5)23-34-32)14-15-30(29)44-26(3)11-9-10-16-43-31(24)20-36(4)19-27-12-7-6-8-13-27/h14-15,17,21,23-27,31,35,39H,6-13,16,18-20,22H2,1-5H3/t24-,25-,26-,31-/m1/s1. The molecule has 45 heavy (non-hydrogen) atoms. The molecule has 2 aromatic rings. The monoisotopic (exact) mass is 647 g/mol. The topological polar surface area (TPSA) is 126 Å². The molecule has 11 nitrogen and oxygen atoms in total. The van der Waals surface area contributed by atoms with Gasteiger partial charge in [-0.3, -0.25) is 9.52 Å². The van der Waals surface area contributed by atoms with E-state index >= 15 is 0 Å². The Labute approximate surface area is 269 Å². The van der Waals surface area contributed by atoms with Crippen molar-refractivity contribution in [2.75, 3.05) is 44.6 Å². The number of aromatic nitrogens is 2. The molecule has 1 aliphatic heterocycles. The maximum atomic E-state index is 14.3. The second kappa shape index (κ2) is 16.2. The van der Waals surface area contributed by atoms with Gasteiger partial charge >= 0.3 is 0 Å². The molecule has 1 saturated carbocycles. The molecule has 1 aliphatic carbocycles. The fraction of sp³-hybridized carbons (Fsp3) is 0.697. The molecule has 0 bridgehead atoms. The number of carbonyl (C=O) groups is 1. The minimum atomic E-state index is -3.98. The lowest BCUT2D eigenvalue weighted by atomic mass is 9.89. The molecule has 2 N–H and O–H groups in total. The molecule has 0 unspecified atom stereocenters. The summed E-state index contributed by atoms with van der Waals surface area (Å²) in [7, 11) is -0.121. The van der Waals surface area contributed by atoms with Crippen LogP contribution in [0.2, 0.25) is 0 Å². The summed E-state index contributed by atoms with van der Waals surface area (Å²) in [5.74, 6) is 0.741. The molecule has 1 aromatic carbocycles. The maximum Gasteiger partial charge on any atom is 0.280 e. The van der Waals surface area contributed by atoms with E-state index in [-0.39, 0.29) is 46.9 Å². The van der Waals surface area contributed by atoms with Crippen molar-refractivity contribution in [3.63, 3.8) is 0 Å². The van der Waals surface area contributed by atoms with E-state index in [9.17, 15) is 18.3 Å². The van der Waals surface area contributed by atoms with Gasteiger partial charge in [-0.05, 0) is 77.1 Å². The van der Waals surface area contributed by atoms with Gasteiger partial charge in [-0.2, -0.15) is 8.42 Å². The Balaban J connectivity index is 1.61. The maximum absolute atomic E-state index is 14.3. The van der Waals surface area contributed by atoms with Crippen LogP contribution in [0.15, 0.2) is 35.7 Å². The van der Waals surface area contributed by atoms with Crippen molar-refractivity contribution in [1.29, 1.82) is 0 Å². The smallest absolute Gasteiger partial charge is 0.280 e.